The zero-order valence-electron chi connectivity index (χ0n) is 27.0. The van der Waals surface area contributed by atoms with E-state index < -0.39 is 11.6 Å². The van der Waals surface area contributed by atoms with Crippen molar-refractivity contribution < 1.29 is 13.6 Å². The smallest absolute Gasteiger partial charge is 0.325 e. The van der Waals surface area contributed by atoms with Gasteiger partial charge in [0.05, 0.1) is 45.6 Å². The quantitative estimate of drug-likeness (QED) is 0.184. The summed E-state index contributed by atoms with van der Waals surface area (Å²) in [7, 11) is 0. The second-order valence-electron chi connectivity index (χ2n) is 13.3. The van der Waals surface area contributed by atoms with Crippen LogP contribution in [0.3, 0.4) is 0 Å². The van der Waals surface area contributed by atoms with E-state index in [0.717, 1.165) is 35.8 Å². The van der Waals surface area contributed by atoms with Crippen LogP contribution in [0.15, 0.2) is 48.8 Å². The molecule has 4 fully saturated rings. The molecule has 2 aromatic carbocycles. The molecular formula is C37H33Cl2F2N7O. The predicted molar refractivity (Wildman–Crippen MR) is 187 cm³/mol. The third-order valence-electron chi connectivity index (χ3n) is 10.6. The molecule has 4 atom stereocenters. The van der Waals surface area contributed by atoms with Gasteiger partial charge in [-0.05, 0) is 68.9 Å². The molecule has 12 heteroatoms. The summed E-state index contributed by atoms with van der Waals surface area (Å²) in [5.41, 5.74) is 4.24. The molecule has 1 aliphatic carbocycles. The summed E-state index contributed by atoms with van der Waals surface area (Å²) < 4.78 is 34.2. The minimum absolute atomic E-state index is 0.0984. The Balaban J connectivity index is 1.34. The van der Waals surface area contributed by atoms with Gasteiger partial charge >= 0.3 is 6.03 Å². The number of nitriles is 1. The van der Waals surface area contributed by atoms with Crippen molar-refractivity contribution in [1.82, 2.24) is 24.8 Å². The average molecular weight is 701 g/mol. The summed E-state index contributed by atoms with van der Waals surface area (Å²) in [5.74, 6) is -0.683. The highest BCUT2D eigenvalue weighted by molar-refractivity contribution is 6.43. The first kappa shape index (κ1) is 31.9. The lowest BCUT2D eigenvalue weighted by molar-refractivity contribution is 0.165. The topological polar surface area (TPSA) is 90.1 Å². The first-order chi connectivity index (χ1) is 23.7. The molecule has 2 bridgehead atoms. The van der Waals surface area contributed by atoms with E-state index in [0.29, 0.717) is 64.6 Å². The van der Waals surface area contributed by atoms with Gasteiger partial charge in [-0.15, -0.1) is 0 Å². The molecule has 6 heterocycles. The maximum absolute atomic E-state index is 17.0. The van der Waals surface area contributed by atoms with Gasteiger partial charge in [0, 0.05) is 71.6 Å². The largest absolute Gasteiger partial charge is 0.337 e. The number of halogens is 4. The highest BCUT2D eigenvalue weighted by atomic mass is 35.5. The minimum atomic E-state index is -0.544. The molecule has 2 amide bonds. The summed E-state index contributed by atoms with van der Waals surface area (Å²) >= 11 is 13.0. The number of hydrogen-bond acceptors (Lipinski definition) is 5. The molecular weight excluding hydrogens is 667 g/mol. The van der Waals surface area contributed by atoms with Gasteiger partial charge < -0.3 is 14.8 Å². The van der Waals surface area contributed by atoms with Gasteiger partial charge in [0.2, 0.25) is 0 Å². The molecule has 3 saturated heterocycles. The van der Waals surface area contributed by atoms with Crippen LogP contribution in [0.4, 0.5) is 19.3 Å². The average Bonchev–Trinajstić information content (AvgIpc) is 3.83. The molecule has 0 unspecified atom stereocenters. The van der Waals surface area contributed by atoms with Crippen molar-refractivity contribution >= 4 is 56.7 Å². The maximum atomic E-state index is 17.0. The molecule has 8 nitrogen and oxygen atoms in total. The Kier molecular flexibility index (Phi) is 7.97. The van der Waals surface area contributed by atoms with Crippen LogP contribution in [0.25, 0.3) is 32.9 Å². The Hall–Kier alpha value is -4.30. The highest BCUT2D eigenvalue weighted by Gasteiger charge is 2.49. The number of carbonyl (C=O) groups is 1. The Morgan fingerprint density at radius 3 is 2.73 bits per heavy atom. The molecule has 1 N–H and O–H groups in total. The highest BCUT2D eigenvalue weighted by Crippen LogP contribution is 2.50. The monoisotopic (exact) mass is 699 g/mol. The summed E-state index contributed by atoms with van der Waals surface area (Å²) in [5, 5.41) is 15.2. The number of fused-ring (bicyclic) bond motifs is 4. The number of carbonyl (C=O) groups excluding carboxylic acids is 1. The molecule has 5 aromatic rings. The number of anilines is 1. The molecule has 49 heavy (non-hydrogen) atoms. The lowest BCUT2D eigenvalue weighted by Crippen LogP contribution is -2.51. The van der Waals surface area contributed by atoms with Gasteiger partial charge in [-0.2, -0.15) is 5.26 Å². The SMILES string of the molecule is Cc1nc2c(F)c(-c3cccc(Cl)c3Cl)c(CCC#N)cc2c2c1cc([C@@H](C)N1CCCN(c3ccncc3F)C1=O)n2[C@H]1[C@H]2CN[C@@H]1C2. The molecule has 9 rings (SSSR count). The predicted octanol–water partition coefficient (Wildman–Crippen LogP) is 8.53. The van der Waals surface area contributed by atoms with Crippen LogP contribution in [-0.4, -0.2) is 51.1 Å². The molecule has 250 valence electrons. The van der Waals surface area contributed by atoms with E-state index >= 15 is 4.39 Å². The van der Waals surface area contributed by atoms with Gasteiger partial charge in [0.1, 0.15) is 5.52 Å². The van der Waals surface area contributed by atoms with Crippen LogP contribution in [0.2, 0.25) is 10.0 Å². The number of aryl methyl sites for hydroxylation is 2. The van der Waals surface area contributed by atoms with Crippen molar-refractivity contribution in [2.24, 2.45) is 5.92 Å². The van der Waals surface area contributed by atoms with Crippen LogP contribution < -0.4 is 10.2 Å². The molecule has 1 saturated carbocycles. The summed E-state index contributed by atoms with van der Waals surface area (Å²) in [6, 6.07) is 12.6. The van der Waals surface area contributed by atoms with Crippen molar-refractivity contribution in [3.63, 3.8) is 0 Å². The van der Waals surface area contributed by atoms with Gasteiger partial charge in [0.15, 0.2) is 11.6 Å². The Labute approximate surface area is 292 Å². The molecule has 4 aliphatic rings. The molecule has 0 radical (unpaired) electrons. The number of rotatable bonds is 7. The van der Waals surface area contributed by atoms with Crippen molar-refractivity contribution in [3.8, 4) is 17.2 Å². The van der Waals surface area contributed by atoms with Crippen molar-refractivity contribution in [3.05, 3.63) is 87.4 Å². The van der Waals surface area contributed by atoms with E-state index in [-0.39, 0.29) is 46.8 Å². The van der Waals surface area contributed by atoms with E-state index in [4.69, 9.17) is 28.2 Å². The first-order valence-corrected chi connectivity index (χ1v) is 17.3. The summed E-state index contributed by atoms with van der Waals surface area (Å²) in [6.07, 6.45) is 4.81. The Bertz CT molecular complexity index is 2200. The number of pyridine rings is 2. The second kappa shape index (κ2) is 12.2. The van der Waals surface area contributed by atoms with Gasteiger partial charge in [0.25, 0.3) is 0 Å². The van der Waals surface area contributed by atoms with Crippen molar-refractivity contribution in [2.75, 3.05) is 24.5 Å². The first-order valence-electron chi connectivity index (χ1n) is 16.6. The molecule has 3 aromatic heterocycles. The maximum Gasteiger partial charge on any atom is 0.325 e. The Morgan fingerprint density at radius 2 is 2.00 bits per heavy atom. The van der Waals surface area contributed by atoms with E-state index in [2.05, 4.69) is 27.0 Å². The zero-order valence-corrected chi connectivity index (χ0v) is 28.5. The number of nitrogens with one attached hydrogen (secondary N) is 1. The molecule has 3 aliphatic heterocycles. The van der Waals surface area contributed by atoms with Crippen LogP contribution in [-0.2, 0) is 6.42 Å². The number of amides is 2. The van der Waals surface area contributed by atoms with Crippen molar-refractivity contribution in [2.45, 2.75) is 57.7 Å². The van der Waals surface area contributed by atoms with Crippen LogP contribution in [0.5, 0.6) is 0 Å². The number of nitrogens with zero attached hydrogens (tertiary/aromatic N) is 6. The normalized spacial score (nSPS) is 21.0. The van der Waals surface area contributed by atoms with Crippen LogP contribution in [0, 0.1) is 35.8 Å². The lowest BCUT2D eigenvalue weighted by Gasteiger charge is -2.42. The third kappa shape index (κ3) is 4.97. The fourth-order valence-electron chi connectivity index (χ4n) is 8.24. The summed E-state index contributed by atoms with van der Waals surface area (Å²) in [6.45, 7) is 5.67. The van der Waals surface area contributed by atoms with Crippen LogP contribution >= 0.6 is 23.2 Å². The minimum Gasteiger partial charge on any atom is -0.337 e. The molecule has 0 spiro atoms. The number of urea groups is 1. The van der Waals surface area contributed by atoms with Crippen LogP contribution in [0.1, 0.15) is 55.2 Å². The van der Waals surface area contributed by atoms with E-state index in [1.54, 1.807) is 23.1 Å². The van der Waals surface area contributed by atoms with Gasteiger partial charge in [-0.3, -0.25) is 9.88 Å². The zero-order chi connectivity index (χ0) is 34.1. The lowest BCUT2D eigenvalue weighted by atomic mass is 9.79. The van der Waals surface area contributed by atoms with Gasteiger partial charge in [-0.25, -0.2) is 18.6 Å². The second-order valence-corrected chi connectivity index (χ2v) is 14.0. The number of aromatic nitrogens is 3. The fraction of sp³-hybridized carbons (Fsp3) is 0.351. The summed E-state index contributed by atoms with van der Waals surface area (Å²) in [4.78, 5) is 26.0. The standard InChI is InChI=1S/C37H33Cl2F2N7O/c1-19-24-16-30(20(2)46-12-5-13-47(37(46)49)29-9-11-43-18-27(29)40)48(35-22-15-28(35)44-17-22)36(24)25-14-21(6-4-10-42)31(33(41)34(25)45-19)23-7-3-8-26(38)32(23)39/h3,7-9,11,14,16,18,20,22,28,35,44H,4-6,12-13,15,17H2,1-2H3/t20-,22-,28-,35+/m1/s1. The van der Waals surface area contributed by atoms with E-state index in [1.807, 2.05) is 19.9 Å². The van der Waals surface area contributed by atoms with Crippen molar-refractivity contribution in [1.29, 1.82) is 5.26 Å². The van der Waals surface area contributed by atoms with E-state index in [9.17, 15) is 14.4 Å². The fourth-order valence-corrected chi connectivity index (χ4v) is 8.63. The number of hydrogen-bond donors (Lipinski definition) is 1. The van der Waals surface area contributed by atoms with Gasteiger partial charge in [-0.1, -0.05) is 35.3 Å². The third-order valence-corrected chi connectivity index (χ3v) is 11.4. The number of benzene rings is 2. The Morgan fingerprint density at radius 1 is 1.16 bits per heavy atom. The van der Waals surface area contributed by atoms with E-state index in [1.165, 1.54) is 17.2 Å².